The molecule has 1 amide bonds. The van der Waals surface area contributed by atoms with Crippen molar-refractivity contribution >= 4 is 41.1 Å². The third kappa shape index (κ3) is 6.06. The molecule has 7 nitrogen and oxygen atoms in total. The highest BCUT2D eigenvalue weighted by atomic mass is 32.2. The zero-order chi connectivity index (χ0) is 23.9. The molecule has 4 rings (SSSR count). The maximum atomic E-state index is 12.5. The molecule has 4 aromatic rings. The van der Waals surface area contributed by atoms with E-state index in [2.05, 4.69) is 46.7 Å². The summed E-state index contributed by atoms with van der Waals surface area (Å²) in [4.78, 5) is 24.6. The number of amides is 1. The molecule has 0 aliphatic heterocycles. The number of hydrogen-bond donors (Lipinski definition) is 2. The van der Waals surface area contributed by atoms with E-state index in [1.165, 1.54) is 29.5 Å². The van der Waals surface area contributed by atoms with Gasteiger partial charge < -0.3 is 10.4 Å². The van der Waals surface area contributed by atoms with Gasteiger partial charge in [0.05, 0.1) is 17.1 Å². The number of anilines is 1. The molecule has 0 atom stereocenters. The first-order valence-electron chi connectivity index (χ1n) is 10.4. The van der Waals surface area contributed by atoms with Crippen molar-refractivity contribution in [3.63, 3.8) is 0 Å². The molecule has 0 radical (unpaired) electrons. The van der Waals surface area contributed by atoms with Gasteiger partial charge in [-0.2, -0.15) is 0 Å². The van der Waals surface area contributed by atoms with Gasteiger partial charge >= 0.3 is 5.97 Å². The highest BCUT2D eigenvalue weighted by Gasteiger charge is 2.16. The number of aromatic carboxylic acids is 1. The molecule has 1 heterocycles. The van der Waals surface area contributed by atoms with E-state index >= 15 is 0 Å². The number of rotatable bonds is 9. The van der Waals surface area contributed by atoms with Gasteiger partial charge in [-0.3, -0.25) is 9.36 Å². The van der Waals surface area contributed by atoms with Gasteiger partial charge in [-0.1, -0.05) is 47.7 Å². The van der Waals surface area contributed by atoms with Crippen LogP contribution in [0.1, 0.15) is 21.7 Å². The number of thioether (sulfide) groups is 2. The Bertz CT molecular complexity index is 1270. The first kappa shape index (κ1) is 23.6. The van der Waals surface area contributed by atoms with E-state index < -0.39 is 5.97 Å². The minimum Gasteiger partial charge on any atom is -0.478 e. The third-order valence-corrected chi connectivity index (χ3v) is 6.79. The number of nitrogens with zero attached hydrogens (tertiary/aromatic N) is 3. The molecule has 0 saturated heterocycles. The van der Waals surface area contributed by atoms with Crippen LogP contribution in [0, 0.1) is 6.92 Å². The molecule has 2 N–H and O–H groups in total. The molecule has 0 aliphatic carbocycles. The van der Waals surface area contributed by atoms with Crippen LogP contribution in [-0.4, -0.2) is 37.5 Å². The standard InChI is InChI=1S/C25H22N4O3S2/c1-17-7-13-21(14-8-17)33-15-22-27-28-25(29(22)20-5-3-2-4-6-20)34-16-23(30)26-19-11-9-18(10-12-19)24(31)32/h2-14H,15-16H2,1H3,(H,26,30)(H,31,32). The lowest BCUT2D eigenvalue weighted by Gasteiger charge is -2.10. The normalized spacial score (nSPS) is 10.7. The van der Waals surface area contributed by atoms with Gasteiger partial charge in [0.15, 0.2) is 5.16 Å². The van der Waals surface area contributed by atoms with Crippen molar-refractivity contribution in [2.45, 2.75) is 22.7 Å². The topological polar surface area (TPSA) is 97.1 Å². The number of aromatic nitrogens is 3. The molecule has 0 fully saturated rings. The predicted octanol–water partition coefficient (Wildman–Crippen LogP) is 5.30. The summed E-state index contributed by atoms with van der Waals surface area (Å²) in [6.07, 6.45) is 0. The summed E-state index contributed by atoms with van der Waals surface area (Å²) < 4.78 is 1.97. The van der Waals surface area contributed by atoms with E-state index in [0.29, 0.717) is 16.6 Å². The molecule has 0 bridgehead atoms. The van der Waals surface area contributed by atoms with Crippen LogP contribution >= 0.6 is 23.5 Å². The molecule has 34 heavy (non-hydrogen) atoms. The fraction of sp³-hybridized carbons (Fsp3) is 0.120. The minimum absolute atomic E-state index is 0.136. The maximum Gasteiger partial charge on any atom is 0.335 e. The van der Waals surface area contributed by atoms with Crippen LogP contribution in [0.15, 0.2) is 88.9 Å². The summed E-state index contributed by atoms with van der Waals surface area (Å²) in [5.41, 5.74) is 2.85. The average Bonchev–Trinajstić information content (AvgIpc) is 3.26. The molecule has 3 aromatic carbocycles. The Morgan fingerprint density at radius 1 is 0.912 bits per heavy atom. The van der Waals surface area contributed by atoms with Gasteiger partial charge in [0.1, 0.15) is 5.82 Å². The Morgan fingerprint density at radius 2 is 1.62 bits per heavy atom. The van der Waals surface area contributed by atoms with Crippen molar-refractivity contribution in [3.8, 4) is 5.69 Å². The van der Waals surface area contributed by atoms with Crippen molar-refractivity contribution < 1.29 is 14.7 Å². The Balaban J connectivity index is 1.45. The summed E-state index contributed by atoms with van der Waals surface area (Å²) in [7, 11) is 0. The molecular weight excluding hydrogens is 468 g/mol. The van der Waals surface area contributed by atoms with Crippen LogP contribution in [0.5, 0.6) is 0 Å². The minimum atomic E-state index is -1.01. The Morgan fingerprint density at radius 3 is 2.29 bits per heavy atom. The molecule has 0 saturated carbocycles. The Kier molecular flexibility index (Phi) is 7.66. The molecule has 1 aromatic heterocycles. The molecule has 0 aliphatic rings. The first-order valence-corrected chi connectivity index (χ1v) is 12.4. The Hall–Kier alpha value is -3.56. The molecular formula is C25H22N4O3S2. The highest BCUT2D eigenvalue weighted by Crippen LogP contribution is 2.27. The van der Waals surface area contributed by atoms with E-state index in [9.17, 15) is 9.59 Å². The van der Waals surface area contributed by atoms with Crippen molar-refractivity contribution in [3.05, 3.63) is 95.8 Å². The molecule has 9 heteroatoms. The zero-order valence-electron chi connectivity index (χ0n) is 18.3. The lowest BCUT2D eigenvalue weighted by atomic mass is 10.2. The van der Waals surface area contributed by atoms with Crippen molar-refractivity contribution in [2.24, 2.45) is 0 Å². The number of nitrogens with one attached hydrogen (secondary N) is 1. The smallest absolute Gasteiger partial charge is 0.335 e. The maximum absolute atomic E-state index is 12.5. The third-order valence-electron chi connectivity index (χ3n) is 4.85. The summed E-state index contributed by atoms with van der Waals surface area (Å²) >= 11 is 2.98. The highest BCUT2D eigenvalue weighted by molar-refractivity contribution is 7.99. The van der Waals surface area contributed by atoms with Crippen molar-refractivity contribution in [1.29, 1.82) is 0 Å². The van der Waals surface area contributed by atoms with E-state index in [1.54, 1.807) is 23.9 Å². The second kappa shape index (κ2) is 11.0. The molecule has 0 spiro atoms. The van der Waals surface area contributed by atoms with Gasteiger partial charge in [0.25, 0.3) is 0 Å². The number of aryl methyl sites for hydroxylation is 1. The summed E-state index contributed by atoms with van der Waals surface area (Å²) in [5.74, 6) is 0.338. The van der Waals surface area contributed by atoms with E-state index in [1.807, 2.05) is 34.9 Å². The number of hydrogen-bond acceptors (Lipinski definition) is 6. The lowest BCUT2D eigenvalue weighted by Crippen LogP contribution is -2.14. The van der Waals surface area contributed by atoms with Crippen LogP contribution in [0.25, 0.3) is 5.69 Å². The van der Waals surface area contributed by atoms with E-state index in [4.69, 9.17) is 5.11 Å². The largest absolute Gasteiger partial charge is 0.478 e. The molecule has 172 valence electrons. The van der Waals surface area contributed by atoms with Crippen LogP contribution in [0.3, 0.4) is 0 Å². The fourth-order valence-electron chi connectivity index (χ4n) is 3.13. The van der Waals surface area contributed by atoms with Crippen molar-refractivity contribution in [1.82, 2.24) is 14.8 Å². The summed E-state index contributed by atoms with van der Waals surface area (Å²) in [6.45, 7) is 2.06. The number of carbonyl (C=O) groups excluding carboxylic acids is 1. The SMILES string of the molecule is Cc1ccc(SCc2nnc(SCC(=O)Nc3ccc(C(=O)O)cc3)n2-c2ccccc2)cc1. The number of carboxylic acids is 1. The van der Waals surface area contributed by atoms with E-state index in [0.717, 1.165) is 16.4 Å². The van der Waals surface area contributed by atoms with Crippen molar-refractivity contribution in [2.75, 3.05) is 11.1 Å². The number of para-hydroxylation sites is 1. The number of carbonyl (C=O) groups is 2. The van der Waals surface area contributed by atoms with Gasteiger partial charge in [0, 0.05) is 16.3 Å². The van der Waals surface area contributed by atoms with Crippen LogP contribution in [0.2, 0.25) is 0 Å². The number of benzene rings is 3. The van der Waals surface area contributed by atoms with Crippen LogP contribution in [0.4, 0.5) is 5.69 Å². The van der Waals surface area contributed by atoms with Gasteiger partial charge in [0.2, 0.25) is 5.91 Å². The van der Waals surface area contributed by atoms with E-state index in [-0.39, 0.29) is 17.2 Å². The molecule has 0 unspecified atom stereocenters. The van der Waals surface area contributed by atoms with Gasteiger partial charge in [-0.25, -0.2) is 4.79 Å². The van der Waals surface area contributed by atoms with Gasteiger partial charge in [-0.05, 0) is 55.5 Å². The second-order valence-electron chi connectivity index (χ2n) is 7.39. The summed E-state index contributed by atoms with van der Waals surface area (Å²) in [6, 6.07) is 24.2. The fourth-order valence-corrected chi connectivity index (χ4v) is 4.71. The second-order valence-corrected chi connectivity index (χ2v) is 9.38. The number of carboxylic acid groups (broad SMARTS) is 1. The zero-order valence-corrected chi connectivity index (χ0v) is 20.0. The lowest BCUT2D eigenvalue weighted by molar-refractivity contribution is -0.113. The van der Waals surface area contributed by atoms with Gasteiger partial charge in [-0.15, -0.1) is 22.0 Å². The monoisotopic (exact) mass is 490 g/mol. The Labute approximate surface area is 205 Å². The quantitative estimate of drug-likeness (QED) is 0.307. The predicted molar refractivity (Wildman–Crippen MR) is 135 cm³/mol. The average molecular weight is 491 g/mol. The first-order chi connectivity index (χ1) is 16.5. The summed E-state index contributed by atoms with van der Waals surface area (Å²) in [5, 5.41) is 21.1. The van der Waals surface area contributed by atoms with Crippen LogP contribution < -0.4 is 5.32 Å². The van der Waals surface area contributed by atoms with Crippen LogP contribution in [-0.2, 0) is 10.5 Å².